The van der Waals surface area contributed by atoms with Gasteiger partial charge < -0.3 is 10.1 Å². The summed E-state index contributed by atoms with van der Waals surface area (Å²) in [6.45, 7) is 11.4. The van der Waals surface area contributed by atoms with Gasteiger partial charge in [0.15, 0.2) is 0 Å². The highest BCUT2D eigenvalue weighted by molar-refractivity contribution is 5.27. The minimum Gasteiger partial charge on any atom is -0.492 e. The van der Waals surface area contributed by atoms with E-state index in [9.17, 15) is 0 Å². The molecule has 1 heterocycles. The van der Waals surface area contributed by atoms with Crippen molar-refractivity contribution in [2.24, 2.45) is 0 Å². The summed E-state index contributed by atoms with van der Waals surface area (Å²) >= 11 is 0. The third kappa shape index (κ3) is 5.90. The molecule has 1 aromatic carbocycles. The third-order valence-corrected chi connectivity index (χ3v) is 3.83. The highest BCUT2D eigenvalue weighted by atomic mass is 16.5. The van der Waals surface area contributed by atoms with Crippen molar-refractivity contribution < 1.29 is 4.74 Å². The van der Waals surface area contributed by atoms with Crippen LogP contribution in [0.3, 0.4) is 0 Å². The molecule has 3 nitrogen and oxygen atoms in total. The van der Waals surface area contributed by atoms with Crippen molar-refractivity contribution in [1.29, 1.82) is 0 Å². The standard InChI is InChI=1S/C18H28N2O/c1-15(2)19-14-17-4-6-18(7-5-17)21-13-12-20-10-8-16(3)9-11-20/h4-8,15,19H,9-14H2,1-3H3. The summed E-state index contributed by atoms with van der Waals surface area (Å²) in [5.74, 6) is 0.965. The molecule has 21 heavy (non-hydrogen) atoms. The first-order valence-electron chi connectivity index (χ1n) is 7.96. The number of rotatable bonds is 7. The van der Waals surface area contributed by atoms with Gasteiger partial charge in [0, 0.05) is 32.2 Å². The first-order valence-corrected chi connectivity index (χ1v) is 7.96. The second-order valence-corrected chi connectivity index (χ2v) is 6.13. The Kier molecular flexibility index (Phi) is 6.27. The number of hydrogen-bond donors (Lipinski definition) is 1. The molecule has 0 spiro atoms. The molecule has 116 valence electrons. The SMILES string of the molecule is CC1=CCN(CCOc2ccc(CNC(C)C)cc2)CC1. The van der Waals surface area contributed by atoms with Gasteiger partial charge in [0.05, 0.1) is 0 Å². The van der Waals surface area contributed by atoms with Crippen LogP contribution in [0.25, 0.3) is 0 Å². The molecule has 0 amide bonds. The molecule has 0 saturated carbocycles. The van der Waals surface area contributed by atoms with Crippen LogP contribution in [0.1, 0.15) is 32.8 Å². The Morgan fingerprint density at radius 3 is 2.62 bits per heavy atom. The predicted octanol–water partition coefficient (Wildman–Crippen LogP) is 3.22. The first kappa shape index (κ1) is 16.1. The van der Waals surface area contributed by atoms with Gasteiger partial charge >= 0.3 is 0 Å². The lowest BCUT2D eigenvalue weighted by Gasteiger charge is -2.25. The Balaban J connectivity index is 1.69. The van der Waals surface area contributed by atoms with Crippen molar-refractivity contribution in [1.82, 2.24) is 10.2 Å². The minimum atomic E-state index is 0.517. The van der Waals surface area contributed by atoms with Gasteiger partial charge in [-0.15, -0.1) is 0 Å². The molecule has 0 bridgehead atoms. The van der Waals surface area contributed by atoms with Crippen molar-refractivity contribution in [3.05, 3.63) is 41.5 Å². The van der Waals surface area contributed by atoms with Gasteiger partial charge in [-0.2, -0.15) is 0 Å². The molecule has 1 aliphatic rings. The molecule has 0 saturated heterocycles. The zero-order chi connectivity index (χ0) is 15.1. The van der Waals surface area contributed by atoms with Crippen LogP contribution in [0.4, 0.5) is 0 Å². The number of nitrogens with one attached hydrogen (secondary N) is 1. The van der Waals surface area contributed by atoms with Crippen molar-refractivity contribution in [2.75, 3.05) is 26.2 Å². The summed E-state index contributed by atoms with van der Waals surface area (Å²) in [4.78, 5) is 2.44. The van der Waals surface area contributed by atoms with E-state index in [0.29, 0.717) is 6.04 Å². The van der Waals surface area contributed by atoms with E-state index in [1.54, 1.807) is 0 Å². The van der Waals surface area contributed by atoms with Crippen LogP contribution in [0, 0.1) is 0 Å². The van der Waals surface area contributed by atoms with Gasteiger partial charge in [-0.3, -0.25) is 4.90 Å². The summed E-state index contributed by atoms with van der Waals surface area (Å²) in [6, 6.07) is 8.92. The van der Waals surface area contributed by atoms with E-state index in [2.05, 4.69) is 61.3 Å². The molecule has 2 rings (SSSR count). The molecule has 0 atom stereocenters. The number of hydrogen-bond acceptors (Lipinski definition) is 3. The quantitative estimate of drug-likeness (QED) is 0.780. The van der Waals surface area contributed by atoms with Crippen molar-refractivity contribution in [3.8, 4) is 5.75 Å². The summed E-state index contributed by atoms with van der Waals surface area (Å²) in [6.07, 6.45) is 3.51. The second kappa shape index (κ2) is 8.20. The maximum atomic E-state index is 5.83. The Morgan fingerprint density at radius 1 is 1.24 bits per heavy atom. The smallest absolute Gasteiger partial charge is 0.119 e. The van der Waals surface area contributed by atoms with Crippen LogP contribution in [-0.2, 0) is 6.54 Å². The maximum absolute atomic E-state index is 5.83. The number of nitrogens with zero attached hydrogens (tertiary/aromatic N) is 1. The molecular weight excluding hydrogens is 260 g/mol. The van der Waals surface area contributed by atoms with E-state index in [-0.39, 0.29) is 0 Å². The summed E-state index contributed by atoms with van der Waals surface area (Å²) in [5, 5.41) is 3.42. The van der Waals surface area contributed by atoms with Crippen LogP contribution >= 0.6 is 0 Å². The average Bonchev–Trinajstić information content (AvgIpc) is 2.48. The first-order chi connectivity index (χ1) is 10.1. The van der Waals surface area contributed by atoms with Crippen LogP contribution in [0.15, 0.2) is 35.9 Å². The molecule has 0 fully saturated rings. The van der Waals surface area contributed by atoms with Gasteiger partial charge in [-0.25, -0.2) is 0 Å². The Labute approximate surface area is 129 Å². The fraction of sp³-hybridized carbons (Fsp3) is 0.556. The number of ether oxygens (including phenoxy) is 1. The average molecular weight is 288 g/mol. The fourth-order valence-electron chi connectivity index (χ4n) is 2.33. The lowest BCUT2D eigenvalue weighted by atomic mass is 10.1. The third-order valence-electron chi connectivity index (χ3n) is 3.83. The Hall–Kier alpha value is -1.32. The largest absolute Gasteiger partial charge is 0.492 e. The van der Waals surface area contributed by atoms with E-state index in [1.807, 2.05) is 0 Å². The monoisotopic (exact) mass is 288 g/mol. The Bertz CT molecular complexity index is 451. The zero-order valence-electron chi connectivity index (χ0n) is 13.6. The van der Waals surface area contributed by atoms with Crippen LogP contribution in [-0.4, -0.2) is 37.2 Å². The summed E-state index contributed by atoms with van der Waals surface area (Å²) in [5.41, 5.74) is 2.81. The molecule has 1 aliphatic heterocycles. The predicted molar refractivity (Wildman–Crippen MR) is 88.7 cm³/mol. The van der Waals surface area contributed by atoms with Gasteiger partial charge in [0.1, 0.15) is 12.4 Å². The van der Waals surface area contributed by atoms with Gasteiger partial charge in [-0.05, 0) is 31.0 Å². The van der Waals surface area contributed by atoms with Crippen LogP contribution < -0.4 is 10.1 Å². The van der Waals surface area contributed by atoms with E-state index in [1.165, 1.54) is 17.6 Å². The molecule has 1 N–H and O–H groups in total. The highest BCUT2D eigenvalue weighted by Crippen LogP contribution is 2.13. The Morgan fingerprint density at radius 2 is 2.00 bits per heavy atom. The molecule has 0 radical (unpaired) electrons. The van der Waals surface area contributed by atoms with Crippen molar-refractivity contribution >= 4 is 0 Å². The molecule has 0 unspecified atom stereocenters. The topological polar surface area (TPSA) is 24.5 Å². The minimum absolute atomic E-state index is 0.517. The molecule has 3 heteroatoms. The lowest BCUT2D eigenvalue weighted by Crippen LogP contribution is -2.32. The highest BCUT2D eigenvalue weighted by Gasteiger charge is 2.08. The summed E-state index contributed by atoms with van der Waals surface area (Å²) < 4.78 is 5.83. The maximum Gasteiger partial charge on any atom is 0.119 e. The van der Waals surface area contributed by atoms with E-state index in [4.69, 9.17) is 4.74 Å². The van der Waals surface area contributed by atoms with E-state index >= 15 is 0 Å². The fourth-order valence-corrected chi connectivity index (χ4v) is 2.33. The molecule has 0 aromatic heterocycles. The molecule has 0 aliphatic carbocycles. The van der Waals surface area contributed by atoms with E-state index < -0.39 is 0 Å². The summed E-state index contributed by atoms with van der Waals surface area (Å²) in [7, 11) is 0. The molecular formula is C18H28N2O. The van der Waals surface area contributed by atoms with Crippen LogP contribution in [0.5, 0.6) is 5.75 Å². The van der Waals surface area contributed by atoms with Gasteiger partial charge in [-0.1, -0.05) is 37.6 Å². The normalized spacial score (nSPS) is 16.1. The second-order valence-electron chi connectivity index (χ2n) is 6.13. The lowest BCUT2D eigenvalue weighted by molar-refractivity contribution is 0.219. The van der Waals surface area contributed by atoms with Crippen LogP contribution in [0.2, 0.25) is 0 Å². The van der Waals surface area contributed by atoms with Gasteiger partial charge in [0.2, 0.25) is 0 Å². The van der Waals surface area contributed by atoms with Gasteiger partial charge in [0.25, 0.3) is 0 Å². The van der Waals surface area contributed by atoms with Crippen molar-refractivity contribution in [3.63, 3.8) is 0 Å². The van der Waals surface area contributed by atoms with E-state index in [0.717, 1.165) is 38.5 Å². The number of benzene rings is 1. The van der Waals surface area contributed by atoms with Crippen molar-refractivity contribution in [2.45, 2.75) is 39.8 Å². The zero-order valence-corrected chi connectivity index (χ0v) is 13.6. The molecule has 1 aromatic rings.